The third-order valence-electron chi connectivity index (χ3n) is 4.44. The van der Waals surface area contributed by atoms with Gasteiger partial charge in [-0.2, -0.15) is 0 Å². The topological polar surface area (TPSA) is 58.4 Å². The van der Waals surface area contributed by atoms with Gasteiger partial charge in [-0.05, 0) is 59.9 Å². The molecular weight excluding hydrogens is 318 g/mol. The van der Waals surface area contributed by atoms with Crippen LogP contribution < -0.4 is 11.1 Å². The lowest BCUT2D eigenvalue weighted by Crippen LogP contribution is -2.46. The van der Waals surface area contributed by atoms with Crippen molar-refractivity contribution < 1.29 is 4.79 Å². The average Bonchev–Trinajstić information content (AvgIpc) is 2.85. The summed E-state index contributed by atoms with van der Waals surface area (Å²) >= 11 is 3.37. The highest BCUT2D eigenvalue weighted by Gasteiger charge is 2.36. The van der Waals surface area contributed by atoms with Gasteiger partial charge in [-0.25, -0.2) is 0 Å². The van der Waals surface area contributed by atoms with Crippen LogP contribution in [0.4, 0.5) is 5.69 Å². The summed E-state index contributed by atoms with van der Waals surface area (Å²) in [5.41, 5.74) is 7.08. The summed E-state index contributed by atoms with van der Waals surface area (Å²) in [6.45, 7) is 2.30. The second kappa shape index (κ2) is 5.74. The Kier molecular flexibility index (Phi) is 3.98. The molecule has 0 spiro atoms. The Bertz CT molecular complexity index is 520. The number of hydrogen-bond donors (Lipinski definition) is 2. The van der Waals surface area contributed by atoms with E-state index in [4.69, 9.17) is 5.73 Å². The maximum atomic E-state index is 12.3. The smallest absolute Gasteiger partial charge is 0.251 e. The van der Waals surface area contributed by atoms with Gasteiger partial charge < -0.3 is 11.1 Å². The third kappa shape index (κ3) is 2.69. The minimum atomic E-state index is 0.00289. The molecule has 20 heavy (non-hydrogen) atoms. The first kappa shape index (κ1) is 13.9. The summed E-state index contributed by atoms with van der Waals surface area (Å²) in [6.07, 6.45) is 4.84. The highest BCUT2D eigenvalue weighted by atomic mass is 79.9. The molecule has 2 saturated heterocycles. The summed E-state index contributed by atoms with van der Waals surface area (Å²) < 4.78 is 0.774. The summed E-state index contributed by atoms with van der Waals surface area (Å²) in [4.78, 5) is 14.9. The summed E-state index contributed by atoms with van der Waals surface area (Å²) in [5.74, 6) is 0.00289. The number of hydrogen-bond acceptors (Lipinski definition) is 3. The van der Waals surface area contributed by atoms with Crippen molar-refractivity contribution in [1.82, 2.24) is 10.2 Å². The van der Waals surface area contributed by atoms with Gasteiger partial charge in [0, 0.05) is 34.4 Å². The molecule has 1 aromatic rings. The van der Waals surface area contributed by atoms with Crippen molar-refractivity contribution >= 4 is 27.5 Å². The van der Waals surface area contributed by atoms with Crippen LogP contribution in [-0.2, 0) is 0 Å². The van der Waals surface area contributed by atoms with E-state index in [0.717, 1.165) is 17.4 Å². The molecule has 2 unspecified atom stereocenters. The molecule has 0 aromatic heterocycles. The summed E-state index contributed by atoms with van der Waals surface area (Å²) in [5, 5.41) is 3.20. The van der Waals surface area contributed by atoms with Crippen LogP contribution in [0.25, 0.3) is 0 Å². The number of piperidine rings is 1. The van der Waals surface area contributed by atoms with Gasteiger partial charge in [0.25, 0.3) is 5.91 Å². The molecule has 2 aliphatic rings. The predicted molar refractivity (Wildman–Crippen MR) is 83.6 cm³/mol. The van der Waals surface area contributed by atoms with Gasteiger partial charge in [-0.3, -0.25) is 9.69 Å². The number of nitrogen functional groups attached to an aromatic ring is 1. The van der Waals surface area contributed by atoms with Crippen LogP contribution in [0.2, 0.25) is 0 Å². The van der Waals surface area contributed by atoms with E-state index in [1.807, 2.05) is 0 Å². The van der Waals surface area contributed by atoms with Crippen molar-refractivity contribution in [2.24, 2.45) is 0 Å². The number of amides is 1. The van der Waals surface area contributed by atoms with E-state index in [1.165, 1.54) is 25.8 Å². The first-order valence-corrected chi connectivity index (χ1v) is 8.04. The van der Waals surface area contributed by atoms with Crippen LogP contribution in [-0.4, -0.2) is 36.0 Å². The Hall–Kier alpha value is -1.07. The first-order valence-electron chi connectivity index (χ1n) is 7.25. The van der Waals surface area contributed by atoms with Gasteiger partial charge in [0.05, 0.1) is 0 Å². The zero-order valence-electron chi connectivity index (χ0n) is 11.4. The standard InChI is InChI=1S/C15H20BrN3O/c16-11-9-10(4-5-12(11)17)15(20)18-13-6-8-19-7-2-1-3-14(13)19/h4-5,9,13-14H,1-3,6-8,17H2,(H,18,20). The fourth-order valence-corrected chi connectivity index (χ4v) is 3.71. The second-order valence-electron chi connectivity index (χ2n) is 5.70. The number of nitrogens with one attached hydrogen (secondary N) is 1. The lowest BCUT2D eigenvalue weighted by molar-refractivity contribution is 0.0915. The molecule has 2 aliphatic heterocycles. The highest BCUT2D eigenvalue weighted by Crippen LogP contribution is 2.27. The number of benzene rings is 1. The van der Waals surface area contributed by atoms with Crippen molar-refractivity contribution in [3.8, 4) is 0 Å². The average molecular weight is 338 g/mol. The van der Waals surface area contributed by atoms with Crippen LogP contribution in [0.15, 0.2) is 22.7 Å². The number of carbonyl (C=O) groups is 1. The maximum absolute atomic E-state index is 12.3. The van der Waals surface area contributed by atoms with Gasteiger partial charge >= 0.3 is 0 Å². The van der Waals surface area contributed by atoms with E-state index >= 15 is 0 Å². The fourth-order valence-electron chi connectivity index (χ4n) is 3.34. The summed E-state index contributed by atoms with van der Waals surface area (Å²) in [6, 6.07) is 6.16. The molecule has 4 nitrogen and oxygen atoms in total. The SMILES string of the molecule is Nc1ccc(C(=O)NC2CCN3CCCCC23)cc1Br. The minimum absolute atomic E-state index is 0.00289. The molecule has 3 N–H and O–H groups in total. The molecule has 2 fully saturated rings. The van der Waals surface area contributed by atoms with E-state index in [1.54, 1.807) is 18.2 Å². The number of carbonyl (C=O) groups excluding carboxylic acids is 1. The van der Waals surface area contributed by atoms with E-state index in [-0.39, 0.29) is 5.91 Å². The molecule has 2 heterocycles. The number of anilines is 1. The molecule has 0 aliphatic carbocycles. The van der Waals surface area contributed by atoms with E-state index < -0.39 is 0 Å². The molecule has 3 rings (SSSR count). The molecule has 108 valence electrons. The van der Waals surface area contributed by atoms with Crippen LogP contribution in [0.3, 0.4) is 0 Å². The minimum Gasteiger partial charge on any atom is -0.398 e. The van der Waals surface area contributed by atoms with Crippen molar-refractivity contribution in [1.29, 1.82) is 0 Å². The Morgan fingerprint density at radius 1 is 1.30 bits per heavy atom. The first-order chi connectivity index (χ1) is 9.65. The molecule has 0 radical (unpaired) electrons. The third-order valence-corrected chi connectivity index (χ3v) is 5.12. The van der Waals surface area contributed by atoms with E-state index in [2.05, 4.69) is 26.1 Å². The normalized spacial score (nSPS) is 26.2. The molecular formula is C15H20BrN3O. The molecule has 0 saturated carbocycles. The van der Waals surface area contributed by atoms with E-state index in [9.17, 15) is 4.79 Å². The van der Waals surface area contributed by atoms with Gasteiger partial charge in [0.15, 0.2) is 0 Å². The Labute approximate surface area is 127 Å². The maximum Gasteiger partial charge on any atom is 0.251 e. The lowest BCUT2D eigenvalue weighted by Gasteiger charge is -2.32. The number of rotatable bonds is 2. The van der Waals surface area contributed by atoms with Crippen LogP contribution in [0.1, 0.15) is 36.0 Å². The van der Waals surface area contributed by atoms with E-state index in [0.29, 0.717) is 23.3 Å². The fraction of sp³-hybridized carbons (Fsp3) is 0.533. The zero-order valence-corrected chi connectivity index (χ0v) is 13.0. The van der Waals surface area contributed by atoms with Crippen LogP contribution in [0, 0.1) is 0 Å². The number of nitrogens with two attached hydrogens (primary N) is 1. The highest BCUT2D eigenvalue weighted by molar-refractivity contribution is 9.10. The molecule has 1 aromatic carbocycles. The molecule has 2 atom stereocenters. The molecule has 5 heteroatoms. The van der Waals surface area contributed by atoms with Gasteiger partial charge in [0.2, 0.25) is 0 Å². The number of fused-ring (bicyclic) bond motifs is 1. The Balaban J connectivity index is 1.68. The largest absolute Gasteiger partial charge is 0.398 e. The Morgan fingerprint density at radius 3 is 2.95 bits per heavy atom. The van der Waals surface area contributed by atoms with Crippen molar-refractivity contribution in [2.45, 2.75) is 37.8 Å². The predicted octanol–water partition coefficient (Wildman–Crippen LogP) is 2.39. The molecule has 1 amide bonds. The summed E-state index contributed by atoms with van der Waals surface area (Å²) in [7, 11) is 0. The Morgan fingerprint density at radius 2 is 2.15 bits per heavy atom. The quantitative estimate of drug-likeness (QED) is 0.814. The van der Waals surface area contributed by atoms with Crippen molar-refractivity contribution in [3.63, 3.8) is 0 Å². The van der Waals surface area contributed by atoms with Gasteiger partial charge in [-0.15, -0.1) is 0 Å². The zero-order chi connectivity index (χ0) is 14.1. The number of halogens is 1. The van der Waals surface area contributed by atoms with Crippen LogP contribution in [0.5, 0.6) is 0 Å². The lowest BCUT2D eigenvalue weighted by atomic mass is 9.99. The number of nitrogens with zero attached hydrogens (tertiary/aromatic N) is 1. The monoisotopic (exact) mass is 337 g/mol. The van der Waals surface area contributed by atoms with Gasteiger partial charge in [0.1, 0.15) is 0 Å². The van der Waals surface area contributed by atoms with Crippen molar-refractivity contribution in [3.05, 3.63) is 28.2 Å². The van der Waals surface area contributed by atoms with Crippen molar-refractivity contribution in [2.75, 3.05) is 18.8 Å². The van der Waals surface area contributed by atoms with Gasteiger partial charge in [-0.1, -0.05) is 6.42 Å². The second-order valence-corrected chi connectivity index (χ2v) is 6.56. The van der Waals surface area contributed by atoms with Crippen LogP contribution >= 0.6 is 15.9 Å². The molecule has 0 bridgehead atoms.